The maximum atomic E-state index is 12.4. The Labute approximate surface area is 157 Å². The van der Waals surface area contributed by atoms with Crippen LogP contribution in [-0.2, 0) is 6.61 Å². The summed E-state index contributed by atoms with van der Waals surface area (Å²) in [5.41, 5.74) is 4.67. The maximum Gasteiger partial charge on any atom is 0.345 e. The van der Waals surface area contributed by atoms with Crippen molar-refractivity contribution in [2.24, 2.45) is 0 Å². The normalized spacial score (nSPS) is 10.9. The lowest BCUT2D eigenvalue weighted by Gasteiger charge is -2.10. The molecule has 0 fully saturated rings. The molecule has 0 radical (unpaired) electrons. The number of hydrogen-bond acceptors (Lipinski definition) is 4. The van der Waals surface area contributed by atoms with E-state index in [9.17, 15) is 4.79 Å². The lowest BCUT2D eigenvalue weighted by Crippen LogP contribution is -2.04. The monoisotopic (exact) mass is 357 g/mol. The van der Waals surface area contributed by atoms with Crippen LogP contribution in [0.25, 0.3) is 22.2 Å². The van der Waals surface area contributed by atoms with Gasteiger partial charge in [-0.25, -0.2) is 4.79 Å². The minimum atomic E-state index is -0.409. The van der Waals surface area contributed by atoms with Gasteiger partial charge in [0.15, 0.2) is 0 Å². The van der Waals surface area contributed by atoms with Gasteiger partial charge >= 0.3 is 5.63 Å². The summed E-state index contributed by atoms with van der Waals surface area (Å²) in [6, 6.07) is 19.1. The molecule has 0 amide bonds. The molecule has 134 valence electrons. The highest BCUT2D eigenvalue weighted by molar-refractivity contribution is 5.82. The first-order valence-electron chi connectivity index (χ1n) is 8.78. The van der Waals surface area contributed by atoms with Crippen LogP contribution in [0.5, 0.6) is 5.75 Å². The largest absolute Gasteiger partial charge is 0.489 e. The highest BCUT2D eigenvalue weighted by Crippen LogP contribution is 2.24. The minimum absolute atomic E-state index is 0.409. The fraction of sp³-hybridized carbons (Fsp3) is 0.130. The van der Waals surface area contributed by atoms with Crippen molar-refractivity contribution in [3.8, 4) is 17.0 Å². The zero-order valence-corrected chi connectivity index (χ0v) is 15.2. The average molecular weight is 357 g/mol. The second-order valence-electron chi connectivity index (χ2n) is 6.58. The number of aryl methyl sites for hydroxylation is 2. The van der Waals surface area contributed by atoms with Gasteiger partial charge in [0.2, 0.25) is 0 Å². The van der Waals surface area contributed by atoms with Gasteiger partial charge in [-0.3, -0.25) is 4.98 Å². The van der Waals surface area contributed by atoms with E-state index in [0.717, 1.165) is 10.9 Å². The molecule has 0 atom stereocenters. The predicted octanol–water partition coefficient (Wildman–Crippen LogP) is 5.05. The Morgan fingerprint density at radius 1 is 1.00 bits per heavy atom. The van der Waals surface area contributed by atoms with Crippen molar-refractivity contribution in [3.63, 3.8) is 0 Å². The molecule has 4 nitrogen and oxygen atoms in total. The Morgan fingerprint density at radius 2 is 1.89 bits per heavy atom. The van der Waals surface area contributed by atoms with Crippen LogP contribution >= 0.6 is 0 Å². The Kier molecular flexibility index (Phi) is 4.47. The van der Waals surface area contributed by atoms with Crippen LogP contribution in [0.3, 0.4) is 0 Å². The molecule has 2 heterocycles. The maximum absolute atomic E-state index is 12.4. The Bertz CT molecular complexity index is 1160. The zero-order chi connectivity index (χ0) is 18.8. The molecule has 4 rings (SSSR count). The minimum Gasteiger partial charge on any atom is -0.489 e. The fourth-order valence-corrected chi connectivity index (χ4v) is 3.00. The van der Waals surface area contributed by atoms with Crippen LogP contribution in [0.4, 0.5) is 0 Å². The van der Waals surface area contributed by atoms with E-state index in [1.807, 2.05) is 24.3 Å². The molecule has 4 heteroatoms. The van der Waals surface area contributed by atoms with Crippen LogP contribution < -0.4 is 10.4 Å². The fourth-order valence-electron chi connectivity index (χ4n) is 3.00. The lowest BCUT2D eigenvalue weighted by atomic mass is 10.1. The summed E-state index contributed by atoms with van der Waals surface area (Å²) in [4.78, 5) is 16.6. The van der Waals surface area contributed by atoms with Gasteiger partial charge in [-0.05, 0) is 55.3 Å². The van der Waals surface area contributed by atoms with Crippen molar-refractivity contribution in [2.45, 2.75) is 20.5 Å². The Hall–Kier alpha value is -3.40. The summed E-state index contributed by atoms with van der Waals surface area (Å²) in [6.45, 7) is 4.60. The quantitative estimate of drug-likeness (QED) is 0.480. The van der Waals surface area contributed by atoms with E-state index < -0.39 is 5.63 Å². The van der Waals surface area contributed by atoms with Gasteiger partial charge in [-0.2, -0.15) is 0 Å². The molecule has 0 aliphatic rings. The third-order valence-corrected chi connectivity index (χ3v) is 4.55. The first-order valence-corrected chi connectivity index (χ1v) is 8.78. The highest BCUT2D eigenvalue weighted by atomic mass is 16.5. The van der Waals surface area contributed by atoms with Crippen LogP contribution in [0, 0.1) is 13.8 Å². The predicted molar refractivity (Wildman–Crippen MR) is 106 cm³/mol. The van der Waals surface area contributed by atoms with E-state index in [2.05, 4.69) is 37.0 Å². The number of rotatable bonds is 4. The molecule has 0 aliphatic heterocycles. The molecule has 2 aromatic heterocycles. The number of hydrogen-bond donors (Lipinski definition) is 0. The van der Waals surface area contributed by atoms with E-state index in [0.29, 0.717) is 29.2 Å². The summed E-state index contributed by atoms with van der Waals surface area (Å²) in [5.74, 6) is 0.664. The third kappa shape index (κ3) is 3.60. The van der Waals surface area contributed by atoms with Crippen LogP contribution in [0.1, 0.15) is 16.7 Å². The van der Waals surface area contributed by atoms with Gasteiger partial charge in [-0.15, -0.1) is 0 Å². The lowest BCUT2D eigenvalue weighted by molar-refractivity contribution is 0.305. The van der Waals surface area contributed by atoms with Crippen molar-refractivity contribution >= 4 is 11.0 Å². The number of fused-ring (bicyclic) bond motifs is 1. The van der Waals surface area contributed by atoms with E-state index in [1.165, 1.54) is 11.1 Å². The first-order chi connectivity index (χ1) is 13.1. The van der Waals surface area contributed by atoms with Crippen molar-refractivity contribution in [2.75, 3.05) is 0 Å². The van der Waals surface area contributed by atoms with E-state index >= 15 is 0 Å². The summed E-state index contributed by atoms with van der Waals surface area (Å²) < 4.78 is 11.4. The second-order valence-corrected chi connectivity index (χ2v) is 6.58. The number of pyridine rings is 1. The highest BCUT2D eigenvalue weighted by Gasteiger charge is 2.10. The van der Waals surface area contributed by atoms with Gasteiger partial charge in [0.05, 0.1) is 11.3 Å². The van der Waals surface area contributed by atoms with E-state index in [1.54, 1.807) is 24.4 Å². The Balaban J connectivity index is 1.63. The van der Waals surface area contributed by atoms with Crippen LogP contribution in [-0.4, -0.2) is 4.98 Å². The molecular weight excluding hydrogens is 338 g/mol. The molecule has 0 bridgehead atoms. The molecule has 0 saturated carbocycles. The Morgan fingerprint density at radius 3 is 2.70 bits per heavy atom. The molecule has 0 spiro atoms. The molecule has 0 N–H and O–H groups in total. The SMILES string of the molecule is Cc1ccc(C)c(COc2ccc3cc(-c4ccccn4)c(=O)oc3c2)c1. The number of nitrogens with zero attached hydrogens (tertiary/aromatic N) is 1. The molecule has 0 saturated heterocycles. The van der Waals surface area contributed by atoms with E-state index in [-0.39, 0.29) is 0 Å². The molecule has 0 unspecified atom stereocenters. The van der Waals surface area contributed by atoms with Gasteiger partial charge in [0.25, 0.3) is 0 Å². The van der Waals surface area contributed by atoms with Gasteiger partial charge in [-0.1, -0.05) is 29.8 Å². The van der Waals surface area contributed by atoms with Crippen LogP contribution in [0.2, 0.25) is 0 Å². The number of benzene rings is 2. The van der Waals surface area contributed by atoms with Gasteiger partial charge in [0, 0.05) is 17.6 Å². The zero-order valence-electron chi connectivity index (χ0n) is 15.2. The standard InChI is InChI=1S/C23H19NO3/c1-15-6-7-16(2)18(11-15)14-26-19-9-8-17-12-20(21-5-3-4-10-24-21)23(25)27-22(17)13-19/h3-13H,14H2,1-2H3. The molecule has 27 heavy (non-hydrogen) atoms. The molecule has 4 aromatic rings. The smallest absolute Gasteiger partial charge is 0.345 e. The third-order valence-electron chi connectivity index (χ3n) is 4.55. The van der Waals surface area contributed by atoms with Crippen molar-refractivity contribution < 1.29 is 9.15 Å². The van der Waals surface area contributed by atoms with Gasteiger partial charge in [0.1, 0.15) is 17.9 Å². The first kappa shape index (κ1) is 17.0. The summed E-state index contributed by atoms with van der Waals surface area (Å²) in [6.07, 6.45) is 1.66. The summed E-state index contributed by atoms with van der Waals surface area (Å²) >= 11 is 0. The van der Waals surface area contributed by atoms with Crippen molar-refractivity contribution in [1.82, 2.24) is 4.98 Å². The van der Waals surface area contributed by atoms with Gasteiger partial charge < -0.3 is 9.15 Å². The second kappa shape index (κ2) is 7.08. The molecule has 2 aromatic carbocycles. The molecular formula is C23H19NO3. The van der Waals surface area contributed by atoms with Crippen LogP contribution in [0.15, 0.2) is 76.1 Å². The number of aromatic nitrogens is 1. The topological polar surface area (TPSA) is 52.3 Å². The van der Waals surface area contributed by atoms with Crippen molar-refractivity contribution in [3.05, 3.63) is 94.0 Å². The number of ether oxygens (including phenoxy) is 1. The van der Waals surface area contributed by atoms with Crippen molar-refractivity contribution in [1.29, 1.82) is 0 Å². The van der Waals surface area contributed by atoms with E-state index in [4.69, 9.17) is 9.15 Å². The summed E-state index contributed by atoms with van der Waals surface area (Å²) in [5, 5.41) is 0.828. The summed E-state index contributed by atoms with van der Waals surface area (Å²) in [7, 11) is 0. The average Bonchev–Trinajstić information content (AvgIpc) is 2.68. The molecule has 0 aliphatic carbocycles.